The Bertz CT molecular complexity index is 1290. The van der Waals surface area contributed by atoms with E-state index in [4.69, 9.17) is 8.83 Å². The minimum Gasteiger partial charge on any atom is -0.473 e. The molecule has 294 valence electrons. The van der Waals surface area contributed by atoms with E-state index in [1.165, 1.54) is 48.0 Å². The van der Waals surface area contributed by atoms with Gasteiger partial charge in [-0.2, -0.15) is 11.3 Å². The van der Waals surface area contributed by atoms with Crippen LogP contribution >= 0.6 is 34.0 Å². The van der Waals surface area contributed by atoms with Crippen LogP contribution in [0.4, 0.5) is 0 Å². The van der Waals surface area contributed by atoms with Crippen molar-refractivity contribution in [3.63, 3.8) is 0 Å². The van der Waals surface area contributed by atoms with Gasteiger partial charge in [0.2, 0.25) is 0 Å². The van der Waals surface area contributed by atoms with E-state index >= 15 is 0 Å². The van der Waals surface area contributed by atoms with Gasteiger partial charge in [-0.15, -0.1) is 22.7 Å². The Labute approximate surface area is 498 Å². The first-order valence-electron chi connectivity index (χ1n) is 13.9. The summed E-state index contributed by atoms with van der Waals surface area (Å²) < 4.78 is 14.9. The SMILES string of the molecule is Cc1ccoc1C.Cc1ccsc1C.Cc1oc(C)c(C)c1C.Cc1sc(C)c(C)c1C.[CH3-].[CH3-].[CH3-].[CH3-].[CH3-].[CH3-].[Y].[Y].[Y].[Y].[Y].[Y].c1ccoc1.c1ccsc1. The van der Waals surface area contributed by atoms with E-state index in [-0.39, 0.29) is 241 Å². The Balaban J connectivity index is -0.0000000379. The Morgan fingerprint density at radius 3 is 0.926 bits per heavy atom. The van der Waals surface area contributed by atoms with Crippen LogP contribution in [0.15, 0.2) is 84.6 Å². The molecule has 6 heterocycles. The van der Waals surface area contributed by atoms with Gasteiger partial charge in [0.15, 0.2) is 0 Å². The Kier molecular flexibility index (Phi) is 86.6. The first-order chi connectivity index (χ1) is 19.9. The topological polar surface area (TPSA) is 39.4 Å². The standard InChI is InChI=1S/C8H12O.C8H12S.C6H8O.C6H8S.C4H4O.C4H4S.6CH3.6Y/c2*1-5-6(2)8(4)9-7(5)3;2*1-5-3-4-7-6(5)2;2*1-2-4-5-3-1;;;;;;;;;;;;/h2*1-4H3;2*3-4H,1-2H3;2*1-4H;6*1H3;;;;;;/q;;;;;;6*-1;;;;;;. The van der Waals surface area contributed by atoms with Crippen LogP contribution < -0.4 is 0 Å². The Morgan fingerprint density at radius 1 is 0.407 bits per heavy atom. The van der Waals surface area contributed by atoms with Crippen molar-refractivity contribution >= 4 is 34.0 Å². The number of hydrogen-bond acceptors (Lipinski definition) is 6. The second-order valence-electron chi connectivity index (χ2n) is 9.83. The van der Waals surface area contributed by atoms with Crippen LogP contribution in [0, 0.1) is 128 Å². The molecule has 0 fully saturated rings. The molecule has 0 spiro atoms. The number of furan rings is 3. The third kappa shape index (κ3) is 38.5. The predicted octanol–water partition coefficient (Wildman–Crippen LogP) is 15.5. The third-order valence-corrected chi connectivity index (χ3v) is 9.74. The monoisotopic (exact) mass is 1250 g/mol. The average Bonchev–Trinajstić information content (AvgIpc) is 3.82. The maximum atomic E-state index is 5.34. The van der Waals surface area contributed by atoms with Gasteiger partial charge in [-0.1, -0.05) is 12.1 Å². The van der Waals surface area contributed by atoms with Crippen molar-refractivity contribution in [2.75, 3.05) is 0 Å². The fraction of sp³-hybridized carbons (Fsp3) is 0.286. The van der Waals surface area contributed by atoms with Crippen molar-refractivity contribution in [3.05, 3.63) is 181 Å². The molecule has 6 radical (unpaired) electrons. The fourth-order valence-electron chi connectivity index (χ4n) is 3.17. The molecule has 54 heavy (non-hydrogen) atoms. The second-order valence-corrected chi connectivity index (χ2v) is 13.2. The number of thiophene rings is 3. The van der Waals surface area contributed by atoms with Crippen molar-refractivity contribution in [1.29, 1.82) is 0 Å². The normalized spacial score (nSPS) is 7.33. The third-order valence-electron chi connectivity index (χ3n) is 6.94. The Morgan fingerprint density at radius 2 is 0.815 bits per heavy atom. The zero-order valence-electron chi connectivity index (χ0n) is 36.8. The molecule has 6 rings (SSSR count). The largest absolute Gasteiger partial charge is 0.473 e. The van der Waals surface area contributed by atoms with Gasteiger partial charge in [0.1, 0.15) is 17.3 Å². The minimum atomic E-state index is 0. The van der Waals surface area contributed by atoms with Crippen LogP contribution in [-0.4, -0.2) is 0 Å². The van der Waals surface area contributed by atoms with Gasteiger partial charge in [-0.05, 0) is 157 Å². The van der Waals surface area contributed by atoms with Gasteiger partial charge in [0, 0.05) is 211 Å². The molecule has 0 aliphatic carbocycles. The number of hydrogen-bond donors (Lipinski definition) is 0. The molecule has 0 aliphatic heterocycles. The van der Waals surface area contributed by atoms with E-state index in [1.807, 2.05) is 80.1 Å². The molecule has 0 aromatic carbocycles. The summed E-state index contributed by atoms with van der Waals surface area (Å²) in [5.74, 6) is 3.11. The van der Waals surface area contributed by atoms with Crippen LogP contribution in [0.1, 0.15) is 65.3 Å². The molecule has 6 aromatic rings. The molecule has 0 amide bonds. The van der Waals surface area contributed by atoms with Gasteiger partial charge in [-0.25, -0.2) is 0 Å². The van der Waals surface area contributed by atoms with E-state index in [0.29, 0.717) is 0 Å². The van der Waals surface area contributed by atoms with Gasteiger partial charge >= 0.3 is 0 Å². The summed E-state index contributed by atoms with van der Waals surface area (Å²) in [6, 6.07) is 11.8. The molecular formula is C42H66O3S3Y6-6. The van der Waals surface area contributed by atoms with E-state index in [1.54, 1.807) is 41.5 Å². The first kappa shape index (κ1) is 88.7. The van der Waals surface area contributed by atoms with Gasteiger partial charge in [0.25, 0.3) is 0 Å². The summed E-state index contributed by atoms with van der Waals surface area (Å²) in [5, 5.41) is 6.20. The maximum Gasteiger partial charge on any atom is 0.104 e. The molecule has 0 bridgehead atoms. The van der Waals surface area contributed by atoms with Crippen LogP contribution in [-0.2, 0) is 196 Å². The molecule has 0 unspecified atom stereocenters. The Hall–Kier alpha value is 3.56. The quantitative estimate of drug-likeness (QED) is 0.142. The summed E-state index contributed by atoms with van der Waals surface area (Å²) in [4.78, 5) is 4.36. The average molecular weight is 1250 g/mol. The fourth-order valence-corrected chi connectivity index (χ4v) is 5.43. The molecule has 0 N–H and O–H groups in total. The molecule has 0 saturated carbocycles. The summed E-state index contributed by atoms with van der Waals surface area (Å²) in [6.45, 7) is 25.1. The predicted molar refractivity (Wildman–Crippen MR) is 224 cm³/mol. The minimum absolute atomic E-state index is 0. The van der Waals surface area contributed by atoms with E-state index in [9.17, 15) is 0 Å². The zero-order valence-corrected chi connectivity index (χ0v) is 56.3. The molecule has 3 nitrogen and oxygen atoms in total. The van der Waals surface area contributed by atoms with Gasteiger partial charge < -0.3 is 57.8 Å². The van der Waals surface area contributed by atoms with Crippen LogP contribution in [0.5, 0.6) is 0 Å². The number of aryl methyl sites for hydroxylation is 8. The summed E-state index contributed by atoms with van der Waals surface area (Å²) in [5.41, 5.74) is 8.14. The van der Waals surface area contributed by atoms with E-state index < -0.39 is 0 Å². The van der Waals surface area contributed by atoms with Crippen molar-refractivity contribution in [2.24, 2.45) is 0 Å². The first-order valence-corrected chi connectivity index (χ1v) is 16.5. The van der Waals surface area contributed by atoms with Crippen molar-refractivity contribution in [2.45, 2.75) is 83.1 Å². The van der Waals surface area contributed by atoms with Crippen molar-refractivity contribution < 1.29 is 210 Å². The molecule has 0 atom stereocenters. The van der Waals surface area contributed by atoms with Crippen molar-refractivity contribution in [1.82, 2.24) is 0 Å². The zero-order chi connectivity index (χ0) is 31.7. The number of rotatable bonds is 0. The molecular weight excluding hydrogens is 1180 g/mol. The summed E-state index contributed by atoms with van der Waals surface area (Å²) in [7, 11) is 0. The van der Waals surface area contributed by atoms with Gasteiger partial charge in [0.05, 0.1) is 18.8 Å². The van der Waals surface area contributed by atoms with Crippen LogP contribution in [0.2, 0.25) is 0 Å². The van der Waals surface area contributed by atoms with Crippen LogP contribution in [0.3, 0.4) is 0 Å². The maximum absolute atomic E-state index is 5.34. The van der Waals surface area contributed by atoms with E-state index in [0.717, 1.165) is 17.3 Å². The summed E-state index contributed by atoms with van der Waals surface area (Å²) >= 11 is 5.41. The molecule has 0 saturated heterocycles. The van der Waals surface area contributed by atoms with Crippen molar-refractivity contribution in [3.8, 4) is 0 Å². The smallest absolute Gasteiger partial charge is 0.104 e. The molecule has 0 aliphatic rings. The van der Waals surface area contributed by atoms with Crippen LogP contribution in [0.25, 0.3) is 0 Å². The van der Waals surface area contributed by atoms with E-state index in [2.05, 4.69) is 71.3 Å². The second kappa shape index (κ2) is 52.7. The molecule has 12 heteroatoms. The van der Waals surface area contributed by atoms with Gasteiger partial charge in [-0.3, -0.25) is 0 Å². The summed E-state index contributed by atoms with van der Waals surface area (Å²) in [6.07, 6.45) is 4.95. The molecule has 6 aromatic heterocycles.